The van der Waals surface area contributed by atoms with Gasteiger partial charge in [-0.1, -0.05) is 11.6 Å². The molecule has 0 saturated heterocycles. The van der Waals surface area contributed by atoms with Gasteiger partial charge in [0.25, 0.3) is 5.91 Å². The van der Waals surface area contributed by atoms with E-state index in [1.165, 1.54) is 11.8 Å². The summed E-state index contributed by atoms with van der Waals surface area (Å²) < 4.78 is 10.8. The van der Waals surface area contributed by atoms with Crippen molar-refractivity contribution in [3.63, 3.8) is 0 Å². The van der Waals surface area contributed by atoms with Crippen LogP contribution in [0.3, 0.4) is 0 Å². The largest absolute Gasteiger partial charge is 0.493 e. The lowest BCUT2D eigenvalue weighted by molar-refractivity contribution is 0.0677. The van der Waals surface area contributed by atoms with Gasteiger partial charge in [-0.15, -0.1) is 0 Å². The van der Waals surface area contributed by atoms with Gasteiger partial charge in [0.15, 0.2) is 11.5 Å². The van der Waals surface area contributed by atoms with Gasteiger partial charge in [0.2, 0.25) is 0 Å². The SMILES string of the molecule is COc1cc2c(cc1OC)[C@@H](C)N(C(=O)c1ccc(Cl)nc1)CC2. The summed E-state index contributed by atoms with van der Waals surface area (Å²) in [6.07, 6.45) is 2.29. The second kappa shape index (κ2) is 6.69. The highest BCUT2D eigenvalue weighted by Crippen LogP contribution is 2.38. The van der Waals surface area contributed by atoms with Crippen LogP contribution in [0, 0.1) is 0 Å². The number of fused-ring (bicyclic) bond motifs is 1. The van der Waals surface area contributed by atoms with E-state index in [0.29, 0.717) is 28.8 Å². The Hall–Kier alpha value is -2.27. The third-order valence-electron chi connectivity index (χ3n) is 4.42. The van der Waals surface area contributed by atoms with E-state index in [-0.39, 0.29) is 11.9 Å². The van der Waals surface area contributed by atoms with Crippen molar-refractivity contribution in [2.45, 2.75) is 19.4 Å². The first-order valence-corrected chi connectivity index (χ1v) is 8.10. The summed E-state index contributed by atoms with van der Waals surface area (Å²) in [5, 5.41) is 0.375. The van der Waals surface area contributed by atoms with Crippen LogP contribution >= 0.6 is 11.6 Å². The molecule has 1 aliphatic heterocycles. The first-order chi connectivity index (χ1) is 11.5. The van der Waals surface area contributed by atoms with E-state index in [4.69, 9.17) is 21.1 Å². The molecular weight excluding hydrogens is 328 g/mol. The van der Waals surface area contributed by atoms with Gasteiger partial charge in [-0.2, -0.15) is 0 Å². The topological polar surface area (TPSA) is 51.7 Å². The smallest absolute Gasteiger partial charge is 0.255 e. The van der Waals surface area contributed by atoms with E-state index in [1.807, 2.05) is 24.0 Å². The molecule has 0 spiro atoms. The van der Waals surface area contributed by atoms with Crippen molar-refractivity contribution in [3.05, 3.63) is 52.3 Å². The standard InChI is InChI=1S/C18H19ClN2O3/c1-11-14-9-16(24-3)15(23-2)8-12(14)6-7-21(11)18(22)13-4-5-17(19)20-10-13/h4-5,8-11H,6-7H2,1-3H3/t11-/m1/s1. The Morgan fingerprint density at radius 2 is 1.96 bits per heavy atom. The Bertz CT molecular complexity index is 762. The number of hydrogen-bond acceptors (Lipinski definition) is 4. The highest BCUT2D eigenvalue weighted by molar-refractivity contribution is 6.29. The molecule has 1 aliphatic rings. The van der Waals surface area contributed by atoms with Gasteiger partial charge >= 0.3 is 0 Å². The number of carbonyl (C=O) groups excluding carboxylic acids is 1. The monoisotopic (exact) mass is 346 g/mol. The molecule has 6 heteroatoms. The van der Waals surface area contributed by atoms with Crippen LogP contribution in [0.5, 0.6) is 11.5 Å². The van der Waals surface area contributed by atoms with Crippen LogP contribution in [0.4, 0.5) is 0 Å². The summed E-state index contributed by atoms with van der Waals surface area (Å²) in [6.45, 7) is 2.66. The summed E-state index contributed by atoms with van der Waals surface area (Å²) in [6, 6.07) is 7.23. The van der Waals surface area contributed by atoms with Gasteiger partial charge in [-0.3, -0.25) is 4.79 Å². The maximum Gasteiger partial charge on any atom is 0.255 e. The summed E-state index contributed by atoms with van der Waals surface area (Å²) >= 11 is 5.80. The molecular formula is C18H19ClN2O3. The lowest BCUT2D eigenvalue weighted by Crippen LogP contribution is -2.38. The molecule has 0 saturated carbocycles. The number of amides is 1. The molecule has 2 heterocycles. The minimum absolute atomic E-state index is 0.0490. The molecule has 1 amide bonds. The van der Waals surface area contributed by atoms with Crippen molar-refractivity contribution >= 4 is 17.5 Å². The van der Waals surface area contributed by atoms with E-state index >= 15 is 0 Å². The van der Waals surface area contributed by atoms with Crippen LogP contribution < -0.4 is 9.47 Å². The number of benzene rings is 1. The third kappa shape index (κ3) is 2.91. The number of nitrogens with zero attached hydrogens (tertiary/aromatic N) is 2. The maximum absolute atomic E-state index is 12.8. The summed E-state index contributed by atoms with van der Waals surface area (Å²) in [5.41, 5.74) is 2.79. The number of hydrogen-bond donors (Lipinski definition) is 0. The first kappa shape index (κ1) is 16.6. The van der Waals surface area contributed by atoms with Gasteiger partial charge in [-0.05, 0) is 48.7 Å². The molecule has 24 heavy (non-hydrogen) atoms. The average molecular weight is 347 g/mol. The molecule has 0 bridgehead atoms. The number of halogens is 1. The van der Waals surface area contributed by atoms with Gasteiger partial charge in [0, 0.05) is 12.7 Å². The highest BCUT2D eigenvalue weighted by Gasteiger charge is 2.29. The molecule has 1 aromatic carbocycles. The molecule has 0 aliphatic carbocycles. The number of methoxy groups -OCH3 is 2. The summed E-state index contributed by atoms with van der Waals surface area (Å²) in [5.74, 6) is 1.34. The quantitative estimate of drug-likeness (QED) is 0.798. The highest BCUT2D eigenvalue weighted by atomic mass is 35.5. The molecule has 0 radical (unpaired) electrons. The van der Waals surface area contributed by atoms with E-state index in [0.717, 1.165) is 12.0 Å². The molecule has 2 aromatic rings. The van der Waals surface area contributed by atoms with Gasteiger partial charge in [0.1, 0.15) is 5.15 Å². The Morgan fingerprint density at radius 1 is 1.25 bits per heavy atom. The fraction of sp³-hybridized carbons (Fsp3) is 0.333. The van der Waals surface area contributed by atoms with E-state index in [2.05, 4.69) is 4.98 Å². The van der Waals surface area contributed by atoms with Crippen molar-refractivity contribution < 1.29 is 14.3 Å². The van der Waals surface area contributed by atoms with Crippen molar-refractivity contribution in [2.24, 2.45) is 0 Å². The zero-order valence-corrected chi connectivity index (χ0v) is 14.6. The average Bonchev–Trinajstić information content (AvgIpc) is 2.61. The number of carbonyl (C=O) groups is 1. The van der Waals surface area contributed by atoms with Gasteiger partial charge in [-0.25, -0.2) is 4.98 Å². The van der Waals surface area contributed by atoms with Crippen molar-refractivity contribution in [1.82, 2.24) is 9.88 Å². The molecule has 3 rings (SSSR count). The minimum atomic E-state index is -0.0586. The zero-order chi connectivity index (χ0) is 17.3. The van der Waals surface area contributed by atoms with E-state index in [1.54, 1.807) is 26.4 Å². The van der Waals surface area contributed by atoms with Crippen LogP contribution in [0.2, 0.25) is 5.15 Å². The molecule has 0 unspecified atom stereocenters. The Morgan fingerprint density at radius 3 is 2.58 bits per heavy atom. The molecule has 1 atom stereocenters. The second-order valence-electron chi connectivity index (χ2n) is 5.70. The molecule has 1 aromatic heterocycles. The van der Waals surface area contributed by atoms with Gasteiger partial charge in [0.05, 0.1) is 25.8 Å². The van der Waals surface area contributed by atoms with Crippen LogP contribution in [0.1, 0.15) is 34.5 Å². The predicted molar refractivity (Wildman–Crippen MR) is 91.9 cm³/mol. The predicted octanol–water partition coefficient (Wildman–Crippen LogP) is 3.51. The van der Waals surface area contributed by atoms with Crippen LogP contribution in [0.15, 0.2) is 30.5 Å². The van der Waals surface area contributed by atoms with Crippen LogP contribution in [-0.4, -0.2) is 36.6 Å². The summed E-state index contributed by atoms with van der Waals surface area (Å²) in [7, 11) is 3.24. The van der Waals surface area contributed by atoms with Crippen LogP contribution in [-0.2, 0) is 6.42 Å². The fourth-order valence-corrected chi connectivity index (χ4v) is 3.20. The fourth-order valence-electron chi connectivity index (χ4n) is 3.09. The molecule has 0 fully saturated rings. The van der Waals surface area contributed by atoms with Crippen LogP contribution in [0.25, 0.3) is 0 Å². The van der Waals surface area contributed by atoms with Crippen molar-refractivity contribution in [1.29, 1.82) is 0 Å². The van der Waals surface area contributed by atoms with E-state index < -0.39 is 0 Å². The Labute approximate surface area is 146 Å². The first-order valence-electron chi connectivity index (χ1n) is 7.72. The summed E-state index contributed by atoms with van der Waals surface area (Å²) in [4.78, 5) is 18.6. The molecule has 5 nitrogen and oxygen atoms in total. The normalized spacial score (nSPS) is 16.5. The number of aromatic nitrogens is 1. The second-order valence-corrected chi connectivity index (χ2v) is 6.09. The van der Waals surface area contributed by atoms with Gasteiger partial charge < -0.3 is 14.4 Å². The lowest BCUT2D eigenvalue weighted by atomic mass is 9.92. The number of ether oxygens (including phenoxy) is 2. The Kier molecular flexibility index (Phi) is 4.62. The number of rotatable bonds is 3. The minimum Gasteiger partial charge on any atom is -0.493 e. The zero-order valence-electron chi connectivity index (χ0n) is 13.9. The third-order valence-corrected chi connectivity index (χ3v) is 4.64. The van der Waals surface area contributed by atoms with Crippen molar-refractivity contribution in [2.75, 3.05) is 20.8 Å². The Balaban J connectivity index is 1.92. The molecule has 0 N–H and O–H groups in total. The maximum atomic E-state index is 12.8. The lowest BCUT2D eigenvalue weighted by Gasteiger charge is -2.35. The van der Waals surface area contributed by atoms with Crippen molar-refractivity contribution in [3.8, 4) is 11.5 Å². The molecule has 126 valence electrons. The number of pyridine rings is 1. The van der Waals surface area contributed by atoms with E-state index in [9.17, 15) is 4.79 Å².